The van der Waals surface area contributed by atoms with Crippen molar-refractivity contribution in [3.8, 4) is 0 Å². The highest BCUT2D eigenvalue weighted by Gasteiger charge is 1.91. The summed E-state index contributed by atoms with van der Waals surface area (Å²) in [6.45, 7) is 4.06. The Balaban J connectivity index is 3.33. The Morgan fingerprint density at radius 2 is 2.08 bits per heavy atom. The number of amidine groups is 1. The molecule has 0 aliphatic heterocycles. The van der Waals surface area contributed by atoms with Crippen molar-refractivity contribution in [2.75, 3.05) is 27.2 Å². The van der Waals surface area contributed by atoms with Crippen LogP contribution in [0, 0.1) is 0 Å². The summed E-state index contributed by atoms with van der Waals surface area (Å²) >= 11 is 0. The van der Waals surface area contributed by atoms with Crippen molar-refractivity contribution in [2.24, 2.45) is 10.7 Å². The van der Waals surface area contributed by atoms with Crippen molar-refractivity contribution in [1.29, 1.82) is 0 Å². The highest BCUT2D eigenvalue weighted by Crippen LogP contribution is 1.89. The van der Waals surface area contributed by atoms with Crippen LogP contribution in [0.5, 0.6) is 0 Å². The van der Waals surface area contributed by atoms with Crippen molar-refractivity contribution in [3.05, 3.63) is 0 Å². The number of rotatable bonds is 6. The van der Waals surface area contributed by atoms with E-state index in [0.29, 0.717) is 0 Å². The molecule has 0 saturated heterocycles. The quantitative estimate of drug-likeness (QED) is 0.369. The van der Waals surface area contributed by atoms with Crippen LogP contribution in [0.3, 0.4) is 0 Å². The first kappa shape index (κ1) is 11.4. The summed E-state index contributed by atoms with van der Waals surface area (Å²) in [5.41, 5.74) is 5.64. The van der Waals surface area contributed by atoms with Gasteiger partial charge in [-0.25, -0.2) is 0 Å². The third-order valence-corrected chi connectivity index (χ3v) is 1.58. The molecule has 0 spiro atoms. The maximum absolute atomic E-state index is 5.64. The van der Waals surface area contributed by atoms with Crippen LogP contribution >= 0.6 is 0 Å². The predicted molar refractivity (Wildman–Crippen MR) is 54.6 cm³/mol. The van der Waals surface area contributed by atoms with Gasteiger partial charge < -0.3 is 10.6 Å². The van der Waals surface area contributed by atoms with E-state index in [1.54, 1.807) is 0 Å². The van der Waals surface area contributed by atoms with Gasteiger partial charge in [-0.15, -0.1) is 0 Å². The van der Waals surface area contributed by atoms with Crippen molar-refractivity contribution in [3.63, 3.8) is 0 Å². The monoisotopic (exact) mass is 171 g/mol. The molecule has 0 fully saturated rings. The van der Waals surface area contributed by atoms with E-state index < -0.39 is 0 Å². The maximum Gasteiger partial charge on any atom is 0.0936 e. The van der Waals surface area contributed by atoms with Crippen LogP contribution in [0.25, 0.3) is 0 Å². The second kappa shape index (κ2) is 7.10. The van der Waals surface area contributed by atoms with Gasteiger partial charge in [0, 0.05) is 13.0 Å². The lowest BCUT2D eigenvalue weighted by atomic mass is 10.3. The number of hydrogen-bond acceptors (Lipinski definition) is 2. The van der Waals surface area contributed by atoms with Crippen molar-refractivity contribution >= 4 is 5.84 Å². The first-order chi connectivity index (χ1) is 5.66. The van der Waals surface area contributed by atoms with Gasteiger partial charge in [-0.1, -0.05) is 6.92 Å². The molecule has 2 N–H and O–H groups in total. The van der Waals surface area contributed by atoms with Gasteiger partial charge in [-0.05, 0) is 33.5 Å². The van der Waals surface area contributed by atoms with Gasteiger partial charge in [0.1, 0.15) is 0 Å². The predicted octanol–water partition coefficient (Wildman–Crippen LogP) is 1.10. The Morgan fingerprint density at radius 1 is 1.42 bits per heavy atom. The zero-order chi connectivity index (χ0) is 9.40. The fraction of sp³-hybridized carbons (Fsp3) is 0.889. The highest BCUT2D eigenvalue weighted by atomic mass is 15.0. The zero-order valence-electron chi connectivity index (χ0n) is 8.51. The molecule has 0 bridgehead atoms. The molecule has 0 atom stereocenters. The van der Waals surface area contributed by atoms with Crippen LogP contribution in [0.4, 0.5) is 0 Å². The van der Waals surface area contributed by atoms with Crippen LogP contribution in [0.1, 0.15) is 26.2 Å². The van der Waals surface area contributed by atoms with Gasteiger partial charge in [0.15, 0.2) is 0 Å². The lowest BCUT2D eigenvalue weighted by Gasteiger charge is -2.07. The lowest BCUT2D eigenvalue weighted by molar-refractivity contribution is 0.403. The molecule has 0 radical (unpaired) electrons. The molecule has 3 nitrogen and oxygen atoms in total. The first-order valence-corrected chi connectivity index (χ1v) is 4.60. The number of aliphatic imine (C=N–C) groups is 1. The molecule has 12 heavy (non-hydrogen) atoms. The second-order valence-corrected chi connectivity index (χ2v) is 3.28. The maximum atomic E-state index is 5.64. The van der Waals surface area contributed by atoms with E-state index in [4.69, 9.17) is 5.73 Å². The first-order valence-electron chi connectivity index (χ1n) is 4.60. The van der Waals surface area contributed by atoms with E-state index in [1.807, 2.05) is 0 Å². The summed E-state index contributed by atoms with van der Waals surface area (Å²) in [5, 5.41) is 0. The minimum absolute atomic E-state index is 0.802. The van der Waals surface area contributed by atoms with E-state index in [1.165, 1.54) is 0 Å². The molecular weight excluding hydrogens is 150 g/mol. The SMILES string of the molecule is CCCC(N)=NCCCN(C)C. The molecule has 72 valence electrons. The normalized spacial score (nSPS) is 12.5. The molecule has 0 aliphatic carbocycles. The number of nitrogens with two attached hydrogens (primary N) is 1. The molecule has 0 aliphatic rings. The summed E-state index contributed by atoms with van der Waals surface area (Å²) in [5.74, 6) is 0.802. The smallest absolute Gasteiger partial charge is 0.0936 e. The summed E-state index contributed by atoms with van der Waals surface area (Å²) in [6.07, 6.45) is 3.11. The van der Waals surface area contributed by atoms with Crippen LogP contribution in [0.2, 0.25) is 0 Å². The molecule has 0 aromatic rings. The van der Waals surface area contributed by atoms with Gasteiger partial charge in [0.2, 0.25) is 0 Å². The highest BCUT2D eigenvalue weighted by molar-refractivity contribution is 5.80. The minimum Gasteiger partial charge on any atom is -0.387 e. The lowest BCUT2D eigenvalue weighted by Crippen LogP contribution is -2.15. The van der Waals surface area contributed by atoms with E-state index in [-0.39, 0.29) is 0 Å². The van der Waals surface area contributed by atoms with Crippen LogP contribution in [-0.4, -0.2) is 37.9 Å². The topological polar surface area (TPSA) is 41.6 Å². The average molecular weight is 171 g/mol. The molecule has 0 unspecified atom stereocenters. The Hall–Kier alpha value is -0.570. The van der Waals surface area contributed by atoms with Crippen molar-refractivity contribution in [2.45, 2.75) is 26.2 Å². The largest absolute Gasteiger partial charge is 0.387 e. The van der Waals surface area contributed by atoms with Gasteiger partial charge >= 0.3 is 0 Å². The third-order valence-electron chi connectivity index (χ3n) is 1.58. The molecule has 0 aromatic heterocycles. The summed E-state index contributed by atoms with van der Waals surface area (Å²) in [4.78, 5) is 6.41. The summed E-state index contributed by atoms with van der Waals surface area (Å²) in [6, 6.07) is 0. The Bertz CT molecular complexity index is 130. The standard InChI is InChI=1S/C9H21N3/c1-4-6-9(10)11-7-5-8-12(2)3/h4-8H2,1-3H3,(H2,10,11). The molecule has 0 heterocycles. The summed E-state index contributed by atoms with van der Waals surface area (Å²) in [7, 11) is 4.14. The Kier molecular flexibility index (Phi) is 6.76. The Labute approximate surface area is 75.7 Å². The zero-order valence-corrected chi connectivity index (χ0v) is 8.51. The molecule has 0 aromatic carbocycles. The average Bonchev–Trinajstić information content (AvgIpc) is 1.98. The molecule has 3 heteroatoms. The molecular formula is C9H21N3. The van der Waals surface area contributed by atoms with Gasteiger partial charge in [0.25, 0.3) is 0 Å². The van der Waals surface area contributed by atoms with Crippen LogP contribution < -0.4 is 5.73 Å². The van der Waals surface area contributed by atoms with E-state index >= 15 is 0 Å². The molecule has 0 rings (SSSR count). The van der Waals surface area contributed by atoms with Gasteiger partial charge in [-0.3, -0.25) is 4.99 Å². The number of hydrogen-bond donors (Lipinski definition) is 1. The van der Waals surface area contributed by atoms with Crippen LogP contribution in [-0.2, 0) is 0 Å². The van der Waals surface area contributed by atoms with Crippen molar-refractivity contribution < 1.29 is 0 Å². The van der Waals surface area contributed by atoms with Gasteiger partial charge in [-0.2, -0.15) is 0 Å². The third kappa shape index (κ3) is 7.54. The molecule has 0 saturated carbocycles. The van der Waals surface area contributed by atoms with E-state index in [2.05, 4.69) is 30.9 Å². The van der Waals surface area contributed by atoms with E-state index in [0.717, 1.165) is 38.2 Å². The number of nitrogens with zero attached hydrogens (tertiary/aromatic N) is 2. The second-order valence-electron chi connectivity index (χ2n) is 3.28. The Morgan fingerprint density at radius 3 is 2.58 bits per heavy atom. The fourth-order valence-electron chi connectivity index (χ4n) is 0.945. The minimum atomic E-state index is 0.802. The summed E-state index contributed by atoms with van der Waals surface area (Å²) < 4.78 is 0. The van der Waals surface area contributed by atoms with E-state index in [9.17, 15) is 0 Å². The van der Waals surface area contributed by atoms with Crippen LogP contribution in [0.15, 0.2) is 4.99 Å². The van der Waals surface area contributed by atoms with Crippen molar-refractivity contribution in [1.82, 2.24) is 4.90 Å². The fourth-order valence-corrected chi connectivity index (χ4v) is 0.945. The van der Waals surface area contributed by atoms with Gasteiger partial charge in [0.05, 0.1) is 5.84 Å². The molecule has 0 amide bonds.